The van der Waals surface area contributed by atoms with Crippen LogP contribution in [-0.4, -0.2) is 43.9 Å². The molecular weight excluding hydrogens is 324 g/mol. The number of anilines is 1. The zero-order valence-corrected chi connectivity index (χ0v) is 12.9. The number of hydrogen-bond donors (Lipinski definition) is 2. The van der Waals surface area contributed by atoms with Crippen molar-refractivity contribution in [3.05, 3.63) is 28.2 Å². The molecule has 20 heavy (non-hydrogen) atoms. The molecule has 0 saturated carbocycles. The first-order chi connectivity index (χ1) is 9.66. The van der Waals surface area contributed by atoms with Crippen LogP contribution in [-0.2, 0) is 16.1 Å². The second kappa shape index (κ2) is 7.61. The van der Waals surface area contributed by atoms with Crippen LogP contribution in [0.4, 0.5) is 5.69 Å². The van der Waals surface area contributed by atoms with Gasteiger partial charge in [-0.3, -0.25) is 4.79 Å². The van der Waals surface area contributed by atoms with Crippen LogP contribution in [0.15, 0.2) is 22.7 Å². The smallest absolute Gasteiger partial charge is 0.304 e. The molecule has 0 bridgehead atoms. The van der Waals surface area contributed by atoms with Gasteiger partial charge in [0.2, 0.25) is 0 Å². The van der Waals surface area contributed by atoms with Gasteiger partial charge in [0.05, 0.1) is 19.6 Å². The molecule has 0 aliphatic carbocycles. The quantitative estimate of drug-likeness (QED) is 0.772. The highest BCUT2D eigenvalue weighted by atomic mass is 79.9. The maximum atomic E-state index is 10.5. The van der Waals surface area contributed by atoms with E-state index >= 15 is 0 Å². The third-order valence-electron chi connectivity index (χ3n) is 3.23. The van der Waals surface area contributed by atoms with Crippen molar-refractivity contribution in [1.29, 1.82) is 0 Å². The first kappa shape index (κ1) is 15.3. The average Bonchev–Trinajstić information content (AvgIpc) is 2.45. The number of ether oxygens (including phenoxy) is 1. The Bertz CT molecular complexity index is 462. The summed E-state index contributed by atoms with van der Waals surface area (Å²) < 4.78 is 6.43. The van der Waals surface area contributed by atoms with Crippen molar-refractivity contribution in [1.82, 2.24) is 5.32 Å². The summed E-state index contributed by atoms with van der Waals surface area (Å²) in [6.07, 6.45) is 0.142. The number of rotatable bonds is 6. The van der Waals surface area contributed by atoms with Crippen molar-refractivity contribution in [2.75, 3.05) is 37.7 Å². The summed E-state index contributed by atoms with van der Waals surface area (Å²) >= 11 is 3.51. The lowest BCUT2D eigenvalue weighted by Gasteiger charge is -2.31. The van der Waals surface area contributed by atoms with Crippen LogP contribution >= 0.6 is 15.9 Å². The van der Waals surface area contributed by atoms with Crippen LogP contribution in [0.1, 0.15) is 12.0 Å². The highest BCUT2D eigenvalue weighted by Crippen LogP contribution is 2.26. The molecule has 5 nitrogen and oxygen atoms in total. The second-order valence-electron chi connectivity index (χ2n) is 4.69. The number of hydrogen-bond acceptors (Lipinski definition) is 4. The monoisotopic (exact) mass is 342 g/mol. The van der Waals surface area contributed by atoms with Gasteiger partial charge in [0.1, 0.15) is 0 Å². The molecule has 1 aliphatic rings. The minimum Gasteiger partial charge on any atom is -0.481 e. The summed E-state index contributed by atoms with van der Waals surface area (Å²) in [6, 6.07) is 6.19. The summed E-state index contributed by atoms with van der Waals surface area (Å²) in [5.41, 5.74) is 2.37. The Morgan fingerprint density at radius 2 is 2.15 bits per heavy atom. The Morgan fingerprint density at radius 1 is 1.40 bits per heavy atom. The van der Waals surface area contributed by atoms with E-state index in [-0.39, 0.29) is 6.42 Å². The molecule has 6 heteroatoms. The lowest BCUT2D eigenvalue weighted by molar-refractivity contribution is -0.136. The fourth-order valence-corrected chi connectivity index (χ4v) is 2.55. The number of halogens is 1. The SMILES string of the molecule is O=C(O)CCNCc1ccc(Br)cc1N1CCOCC1. The van der Waals surface area contributed by atoms with Gasteiger partial charge >= 0.3 is 5.97 Å². The van der Waals surface area contributed by atoms with Crippen LogP contribution in [0, 0.1) is 0 Å². The number of carboxylic acids is 1. The molecule has 1 saturated heterocycles. The van der Waals surface area contributed by atoms with Crippen LogP contribution in [0.3, 0.4) is 0 Å². The van der Waals surface area contributed by atoms with Gasteiger partial charge in [0.25, 0.3) is 0 Å². The molecule has 0 unspecified atom stereocenters. The van der Waals surface area contributed by atoms with Gasteiger partial charge in [0, 0.05) is 36.3 Å². The molecule has 2 rings (SSSR count). The van der Waals surface area contributed by atoms with Crippen LogP contribution in [0.2, 0.25) is 0 Å². The second-order valence-corrected chi connectivity index (χ2v) is 5.61. The number of morpholine rings is 1. The van der Waals surface area contributed by atoms with E-state index in [9.17, 15) is 4.79 Å². The largest absolute Gasteiger partial charge is 0.481 e. The van der Waals surface area contributed by atoms with E-state index < -0.39 is 5.97 Å². The van der Waals surface area contributed by atoms with Gasteiger partial charge < -0.3 is 20.1 Å². The molecule has 0 amide bonds. The van der Waals surface area contributed by atoms with Gasteiger partial charge in [-0.25, -0.2) is 0 Å². The molecular formula is C14H19BrN2O3. The standard InChI is InChI=1S/C14H19BrN2O3/c15-12-2-1-11(10-16-4-3-14(18)19)13(9-12)17-5-7-20-8-6-17/h1-2,9,16H,3-8,10H2,(H,18,19). The van der Waals surface area contributed by atoms with Crippen LogP contribution < -0.4 is 10.2 Å². The van der Waals surface area contributed by atoms with Crippen molar-refractivity contribution in [3.63, 3.8) is 0 Å². The van der Waals surface area contributed by atoms with Gasteiger partial charge in [-0.15, -0.1) is 0 Å². The van der Waals surface area contributed by atoms with E-state index in [0.717, 1.165) is 30.8 Å². The van der Waals surface area contributed by atoms with Gasteiger partial charge in [0.15, 0.2) is 0 Å². The van der Waals surface area contributed by atoms with Crippen LogP contribution in [0.5, 0.6) is 0 Å². The summed E-state index contributed by atoms with van der Waals surface area (Å²) in [4.78, 5) is 12.8. The highest BCUT2D eigenvalue weighted by molar-refractivity contribution is 9.10. The summed E-state index contributed by atoms with van der Waals surface area (Å²) in [5, 5.41) is 11.8. The fraction of sp³-hybridized carbons (Fsp3) is 0.500. The first-order valence-corrected chi connectivity index (χ1v) is 7.50. The van der Waals surface area contributed by atoms with Crippen LogP contribution in [0.25, 0.3) is 0 Å². The highest BCUT2D eigenvalue weighted by Gasteiger charge is 2.15. The molecule has 1 aromatic carbocycles. The maximum absolute atomic E-state index is 10.5. The topological polar surface area (TPSA) is 61.8 Å². The number of aliphatic carboxylic acids is 1. The zero-order valence-electron chi connectivity index (χ0n) is 11.3. The van der Waals surface area contributed by atoms with E-state index in [1.807, 2.05) is 6.07 Å². The summed E-state index contributed by atoms with van der Waals surface area (Å²) in [5.74, 6) is -0.776. The maximum Gasteiger partial charge on any atom is 0.304 e. The summed E-state index contributed by atoms with van der Waals surface area (Å²) in [7, 11) is 0. The van der Waals surface area contributed by atoms with E-state index in [2.05, 4.69) is 38.3 Å². The average molecular weight is 343 g/mol. The number of carbonyl (C=O) groups is 1. The molecule has 0 atom stereocenters. The van der Waals surface area contributed by atoms with Gasteiger partial charge in [-0.2, -0.15) is 0 Å². The Kier molecular flexibility index (Phi) is 5.82. The minimum atomic E-state index is -0.776. The molecule has 0 spiro atoms. The molecule has 1 heterocycles. The number of carboxylic acid groups (broad SMARTS) is 1. The predicted molar refractivity (Wildman–Crippen MR) is 81.1 cm³/mol. The first-order valence-electron chi connectivity index (χ1n) is 6.70. The third kappa shape index (κ3) is 4.47. The van der Waals surface area contributed by atoms with E-state index in [1.165, 1.54) is 11.3 Å². The van der Waals surface area contributed by atoms with Crippen molar-refractivity contribution >= 4 is 27.6 Å². The Hall–Kier alpha value is -1.11. The van der Waals surface area contributed by atoms with E-state index in [4.69, 9.17) is 9.84 Å². The van der Waals surface area contributed by atoms with Crippen molar-refractivity contribution < 1.29 is 14.6 Å². The molecule has 0 radical (unpaired) electrons. The molecule has 1 aromatic rings. The minimum absolute atomic E-state index is 0.142. The fourth-order valence-electron chi connectivity index (χ4n) is 2.20. The summed E-state index contributed by atoms with van der Waals surface area (Å²) in [6.45, 7) is 4.43. The molecule has 2 N–H and O–H groups in total. The molecule has 1 aliphatic heterocycles. The molecule has 1 fully saturated rings. The van der Waals surface area contributed by atoms with Crippen molar-refractivity contribution in [2.24, 2.45) is 0 Å². The van der Waals surface area contributed by atoms with E-state index in [0.29, 0.717) is 13.1 Å². The predicted octanol–water partition coefficient (Wildman–Crippen LogP) is 1.85. The molecule has 0 aromatic heterocycles. The number of nitrogens with one attached hydrogen (secondary N) is 1. The Morgan fingerprint density at radius 3 is 2.85 bits per heavy atom. The van der Waals surface area contributed by atoms with Gasteiger partial charge in [-0.1, -0.05) is 22.0 Å². The number of nitrogens with zero attached hydrogens (tertiary/aromatic N) is 1. The Labute approximate surface area is 127 Å². The van der Waals surface area contributed by atoms with Crippen molar-refractivity contribution in [3.8, 4) is 0 Å². The van der Waals surface area contributed by atoms with Gasteiger partial charge in [-0.05, 0) is 17.7 Å². The van der Waals surface area contributed by atoms with Crippen molar-refractivity contribution in [2.45, 2.75) is 13.0 Å². The normalized spacial score (nSPS) is 15.3. The zero-order chi connectivity index (χ0) is 14.4. The van der Waals surface area contributed by atoms with E-state index in [1.54, 1.807) is 0 Å². The lowest BCUT2D eigenvalue weighted by Crippen LogP contribution is -2.37. The lowest BCUT2D eigenvalue weighted by atomic mass is 10.1. The Balaban J connectivity index is 2.01. The number of benzene rings is 1. The third-order valence-corrected chi connectivity index (χ3v) is 3.72. The molecule has 110 valence electrons.